The highest BCUT2D eigenvalue weighted by atomic mass is 79.9. The van der Waals surface area contributed by atoms with Crippen LogP contribution in [0.3, 0.4) is 0 Å². The van der Waals surface area contributed by atoms with Crippen molar-refractivity contribution in [3.63, 3.8) is 0 Å². The largest absolute Gasteiger partial charge is 0.343 e. The molecule has 1 aliphatic rings. The van der Waals surface area contributed by atoms with Gasteiger partial charge >= 0.3 is 0 Å². The molecule has 0 spiro atoms. The molecule has 1 aliphatic heterocycles. The molecule has 7 heteroatoms. The monoisotopic (exact) mass is 450 g/mol. The van der Waals surface area contributed by atoms with E-state index >= 15 is 0 Å². The Balaban J connectivity index is 1.45. The summed E-state index contributed by atoms with van der Waals surface area (Å²) in [6.45, 7) is 1.55. The van der Waals surface area contributed by atoms with Crippen LogP contribution < -0.4 is 4.72 Å². The quantitative estimate of drug-likeness (QED) is 0.731. The molecule has 0 bridgehead atoms. The number of nitrogens with zero attached hydrogens (tertiary/aromatic N) is 1. The lowest BCUT2D eigenvalue weighted by Crippen LogP contribution is -2.39. The minimum atomic E-state index is -3.59. The summed E-state index contributed by atoms with van der Waals surface area (Å²) in [5.74, 6) is 0.492. The molecule has 1 N–H and O–H groups in total. The van der Waals surface area contributed by atoms with Crippen LogP contribution >= 0.6 is 15.9 Å². The number of halogens is 1. The minimum Gasteiger partial charge on any atom is -0.343 e. The van der Waals surface area contributed by atoms with Crippen LogP contribution in [0.2, 0.25) is 0 Å². The van der Waals surface area contributed by atoms with Crippen LogP contribution in [0.25, 0.3) is 0 Å². The molecule has 0 aromatic heterocycles. The van der Waals surface area contributed by atoms with E-state index in [1.165, 1.54) is 17.7 Å². The zero-order valence-corrected chi connectivity index (χ0v) is 17.4. The van der Waals surface area contributed by atoms with Crippen LogP contribution in [0.1, 0.15) is 30.7 Å². The first kappa shape index (κ1) is 20.0. The van der Waals surface area contributed by atoms with Gasteiger partial charge in [0.1, 0.15) is 0 Å². The Bertz CT molecular complexity index is 862. The summed E-state index contributed by atoms with van der Waals surface area (Å²) in [5.41, 5.74) is 1.33. The maximum atomic E-state index is 12.4. The third-order valence-corrected chi connectivity index (χ3v) is 6.88. The van der Waals surface area contributed by atoms with Gasteiger partial charge < -0.3 is 4.90 Å². The Kier molecular flexibility index (Phi) is 6.68. The minimum absolute atomic E-state index is 0.0000165. The molecule has 0 atom stereocenters. The molecule has 0 aliphatic carbocycles. The van der Waals surface area contributed by atoms with Crippen LogP contribution in [0.4, 0.5) is 0 Å². The van der Waals surface area contributed by atoms with Gasteiger partial charge in [0.2, 0.25) is 15.9 Å². The third-order valence-electron chi connectivity index (χ3n) is 4.87. The topological polar surface area (TPSA) is 66.5 Å². The fraction of sp³-hybridized carbons (Fsp3) is 0.350. The van der Waals surface area contributed by atoms with E-state index in [4.69, 9.17) is 0 Å². The van der Waals surface area contributed by atoms with Crippen molar-refractivity contribution in [2.24, 2.45) is 0 Å². The highest BCUT2D eigenvalue weighted by Crippen LogP contribution is 2.27. The molecule has 1 heterocycles. The average molecular weight is 451 g/mol. The van der Waals surface area contributed by atoms with Gasteiger partial charge in [0.15, 0.2) is 0 Å². The predicted molar refractivity (Wildman–Crippen MR) is 109 cm³/mol. The third kappa shape index (κ3) is 5.40. The van der Waals surface area contributed by atoms with Gasteiger partial charge in [-0.1, -0.05) is 46.3 Å². The summed E-state index contributed by atoms with van der Waals surface area (Å²) in [4.78, 5) is 14.4. The first-order chi connectivity index (χ1) is 13.0. The predicted octanol–water partition coefficient (Wildman–Crippen LogP) is 3.52. The summed E-state index contributed by atoms with van der Waals surface area (Å²) in [6, 6.07) is 16.8. The fourth-order valence-corrected chi connectivity index (χ4v) is 4.63. The van der Waals surface area contributed by atoms with E-state index in [1.807, 2.05) is 23.1 Å². The van der Waals surface area contributed by atoms with Crippen LogP contribution in [0.5, 0.6) is 0 Å². The van der Waals surface area contributed by atoms with Crippen molar-refractivity contribution < 1.29 is 13.2 Å². The van der Waals surface area contributed by atoms with Crippen LogP contribution in [-0.2, 0) is 14.8 Å². The summed E-state index contributed by atoms with van der Waals surface area (Å²) in [6.07, 6.45) is 2.06. The Hall–Kier alpha value is -1.70. The zero-order chi connectivity index (χ0) is 19.3. The Morgan fingerprint density at radius 1 is 1.04 bits per heavy atom. The van der Waals surface area contributed by atoms with Gasteiger partial charge in [0.05, 0.1) is 4.90 Å². The van der Waals surface area contributed by atoms with Crippen molar-refractivity contribution in [2.45, 2.75) is 30.1 Å². The van der Waals surface area contributed by atoms with E-state index in [9.17, 15) is 13.2 Å². The first-order valence-corrected chi connectivity index (χ1v) is 11.3. The maximum absolute atomic E-state index is 12.4. The fourth-order valence-electron chi connectivity index (χ4n) is 3.33. The number of amides is 1. The summed E-state index contributed by atoms with van der Waals surface area (Å²) in [7, 11) is -3.59. The van der Waals surface area contributed by atoms with Gasteiger partial charge in [-0.05, 0) is 48.6 Å². The van der Waals surface area contributed by atoms with E-state index < -0.39 is 10.0 Å². The standard InChI is InChI=1S/C20H23BrN2O3S/c21-18-6-8-19(9-7-18)27(25,26)22-13-10-20(24)23-14-11-17(12-15-23)16-4-2-1-3-5-16/h1-9,17,22H,10-15H2. The summed E-state index contributed by atoms with van der Waals surface area (Å²) < 4.78 is 27.8. The van der Waals surface area contributed by atoms with Gasteiger partial charge in [0.25, 0.3) is 0 Å². The number of sulfonamides is 1. The first-order valence-electron chi connectivity index (χ1n) is 9.04. The highest BCUT2D eigenvalue weighted by molar-refractivity contribution is 9.10. The summed E-state index contributed by atoms with van der Waals surface area (Å²) >= 11 is 3.28. The van der Waals surface area contributed by atoms with Crippen LogP contribution in [0, 0.1) is 0 Å². The SMILES string of the molecule is O=C(CCNS(=O)(=O)c1ccc(Br)cc1)N1CCC(c2ccccc2)CC1. The molecule has 2 aromatic carbocycles. The number of carbonyl (C=O) groups is 1. The molecular formula is C20H23BrN2O3S. The van der Waals surface area contributed by atoms with Gasteiger partial charge in [0, 0.05) is 30.5 Å². The molecule has 0 radical (unpaired) electrons. The van der Waals surface area contributed by atoms with Gasteiger partial charge in [-0.2, -0.15) is 0 Å². The number of nitrogens with one attached hydrogen (secondary N) is 1. The number of likely N-dealkylation sites (tertiary alicyclic amines) is 1. The van der Waals surface area contributed by atoms with Crippen molar-refractivity contribution in [1.29, 1.82) is 0 Å². The molecule has 0 saturated carbocycles. The lowest BCUT2D eigenvalue weighted by atomic mass is 9.89. The normalized spacial score (nSPS) is 15.7. The Morgan fingerprint density at radius 3 is 2.30 bits per heavy atom. The smallest absolute Gasteiger partial charge is 0.240 e. The van der Waals surface area contributed by atoms with Crippen molar-refractivity contribution in [3.8, 4) is 0 Å². The molecule has 1 amide bonds. The zero-order valence-electron chi connectivity index (χ0n) is 15.0. The van der Waals surface area contributed by atoms with Gasteiger partial charge in [-0.15, -0.1) is 0 Å². The van der Waals surface area contributed by atoms with Crippen LogP contribution in [-0.4, -0.2) is 38.9 Å². The molecule has 1 saturated heterocycles. The molecular weight excluding hydrogens is 428 g/mol. The van der Waals surface area contributed by atoms with E-state index in [0.29, 0.717) is 5.92 Å². The van der Waals surface area contributed by atoms with Crippen molar-refractivity contribution >= 4 is 31.9 Å². The molecule has 27 heavy (non-hydrogen) atoms. The van der Waals surface area contributed by atoms with E-state index in [0.717, 1.165) is 30.4 Å². The molecule has 2 aromatic rings. The molecule has 1 fully saturated rings. The Morgan fingerprint density at radius 2 is 1.67 bits per heavy atom. The second kappa shape index (κ2) is 8.99. The number of hydrogen-bond donors (Lipinski definition) is 1. The number of hydrogen-bond acceptors (Lipinski definition) is 3. The molecule has 0 unspecified atom stereocenters. The van der Waals surface area contributed by atoms with Crippen LogP contribution in [0.15, 0.2) is 64.0 Å². The number of benzene rings is 2. The molecule has 144 valence electrons. The number of piperidine rings is 1. The van der Waals surface area contributed by atoms with Gasteiger partial charge in [-0.3, -0.25) is 4.79 Å². The van der Waals surface area contributed by atoms with E-state index in [2.05, 4.69) is 32.8 Å². The lowest BCUT2D eigenvalue weighted by molar-refractivity contribution is -0.132. The molecule has 5 nitrogen and oxygen atoms in total. The summed E-state index contributed by atoms with van der Waals surface area (Å²) in [5, 5.41) is 0. The Labute approximate surface area is 169 Å². The van der Waals surface area contributed by atoms with Crippen molar-refractivity contribution in [2.75, 3.05) is 19.6 Å². The number of carbonyl (C=O) groups excluding carboxylic acids is 1. The maximum Gasteiger partial charge on any atom is 0.240 e. The molecule has 3 rings (SSSR count). The van der Waals surface area contributed by atoms with E-state index in [-0.39, 0.29) is 23.8 Å². The second-order valence-corrected chi connectivity index (χ2v) is 9.35. The lowest BCUT2D eigenvalue weighted by Gasteiger charge is -2.32. The van der Waals surface area contributed by atoms with Gasteiger partial charge in [-0.25, -0.2) is 13.1 Å². The van der Waals surface area contributed by atoms with Crippen molar-refractivity contribution in [3.05, 3.63) is 64.6 Å². The van der Waals surface area contributed by atoms with Crippen molar-refractivity contribution in [1.82, 2.24) is 9.62 Å². The average Bonchev–Trinajstić information content (AvgIpc) is 2.69. The second-order valence-electron chi connectivity index (χ2n) is 6.67. The van der Waals surface area contributed by atoms with E-state index in [1.54, 1.807) is 12.1 Å². The highest BCUT2D eigenvalue weighted by Gasteiger charge is 2.24. The number of rotatable bonds is 6.